The fourth-order valence-electron chi connectivity index (χ4n) is 2.83. The number of hydrogen-bond acceptors (Lipinski definition) is 8. The van der Waals surface area contributed by atoms with E-state index in [0.29, 0.717) is 11.4 Å². The molecule has 2 aromatic carbocycles. The number of alkyl halides is 2. The van der Waals surface area contributed by atoms with Crippen LogP contribution in [0.2, 0.25) is 0 Å². The Labute approximate surface area is 195 Å². The Kier molecular flexibility index (Phi) is 6.81. The fourth-order valence-corrected chi connectivity index (χ4v) is 2.83. The number of carbonyl (C=O) groups is 1. The van der Waals surface area contributed by atoms with E-state index in [2.05, 4.69) is 30.3 Å². The first kappa shape index (κ1) is 23.2. The van der Waals surface area contributed by atoms with Gasteiger partial charge in [-0.1, -0.05) is 12.1 Å². The highest BCUT2D eigenvalue weighted by atomic mass is 19.3. The van der Waals surface area contributed by atoms with E-state index in [0.717, 1.165) is 11.1 Å². The second-order valence-electron chi connectivity index (χ2n) is 6.67. The molecule has 0 fully saturated rings. The number of rotatable bonds is 8. The van der Waals surface area contributed by atoms with Gasteiger partial charge in [-0.05, 0) is 46.3 Å². The zero-order valence-corrected chi connectivity index (χ0v) is 17.6. The summed E-state index contributed by atoms with van der Waals surface area (Å²) < 4.78 is 50.8. The van der Waals surface area contributed by atoms with E-state index < -0.39 is 18.5 Å². The maximum absolute atomic E-state index is 14.8. The number of nitrogens with two attached hydrogens (primary N) is 1. The van der Waals surface area contributed by atoms with Gasteiger partial charge in [-0.3, -0.25) is 0 Å². The van der Waals surface area contributed by atoms with Crippen LogP contribution in [0.4, 0.5) is 23.7 Å². The highest BCUT2D eigenvalue weighted by Gasteiger charge is 2.15. The highest BCUT2D eigenvalue weighted by Crippen LogP contribution is 2.29. The van der Waals surface area contributed by atoms with Crippen LogP contribution in [-0.4, -0.2) is 44.0 Å². The van der Waals surface area contributed by atoms with Crippen molar-refractivity contribution in [3.63, 3.8) is 0 Å². The van der Waals surface area contributed by atoms with Crippen LogP contribution < -0.4 is 20.2 Å². The molecule has 14 heteroatoms. The molecule has 0 unspecified atom stereocenters. The van der Waals surface area contributed by atoms with Crippen molar-refractivity contribution < 1.29 is 27.4 Å². The number of anilines is 1. The van der Waals surface area contributed by atoms with Crippen LogP contribution in [0.3, 0.4) is 0 Å². The Morgan fingerprint density at radius 2 is 2.00 bits per heavy atom. The maximum atomic E-state index is 14.8. The van der Waals surface area contributed by atoms with Gasteiger partial charge in [0.15, 0.2) is 17.4 Å². The normalized spacial score (nSPS) is 11.1. The molecule has 2 amide bonds. The first-order chi connectivity index (χ1) is 16.9. The average molecular weight is 484 g/mol. The Bertz CT molecular complexity index is 1350. The molecule has 2 heterocycles. The molecular formula is C21H15F3N8O3. The van der Waals surface area contributed by atoms with Gasteiger partial charge in [-0.25, -0.2) is 14.2 Å². The number of urea groups is 1. The number of hydrazone groups is 1. The predicted molar refractivity (Wildman–Crippen MR) is 116 cm³/mol. The smallest absolute Gasteiger partial charge is 0.387 e. The lowest BCUT2D eigenvalue weighted by molar-refractivity contribution is -0.0498. The number of amides is 2. The minimum absolute atomic E-state index is 0.00249. The molecule has 4 rings (SSSR count). The zero-order valence-electron chi connectivity index (χ0n) is 17.6. The Hall–Kier alpha value is -5.01. The van der Waals surface area contributed by atoms with E-state index in [4.69, 9.17) is 10.5 Å². The van der Waals surface area contributed by atoms with Gasteiger partial charge in [-0.15, -0.1) is 5.10 Å². The van der Waals surface area contributed by atoms with Crippen molar-refractivity contribution >= 4 is 17.9 Å². The molecule has 0 bridgehead atoms. The van der Waals surface area contributed by atoms with Crippen LogP contribution in [-0.2, 0) is 0 Å². The van der Waals surface area contributed by atoms with Crippen LogP contribution in [0.25, 0.3) is 5.82 Å². The van der Waals surface area contributed by atoms with Crippen molar-refractivity contribution in [1.29, 1.82) is 0 Å². The molecule has 2 N–H and O–H groups in total. The molecule has 0 aliphatic rings. The predicted octanol–water partition coefficient (Wildman–Crippen LogP) is 3.51. The van der Waals surface area contributed by atoms with E-state index in [1.807, 2.05) is 0 Å². The molecule has 0 spiro atoms. The number of primary amides is 1. The number of benzene rings is 2. The molecule has 0 atom stereocenters. The molecule has 0 aliphatic carbocycles. The molecule has 0 aliphatic heterocycles. The van der Waals surface area contributed by atoms with Gasteiger partial charge in [-0.2, -0.15) is 23.6 Å². The fraction of sp³-hybridized carbons (Fsp3) is 0.0476. The quantitative estimate of drug-likeness (QED) is 0.299. The Balaban J connectivity index is 1.52. The van der Waals surface area contributed by atoms with Gasteiger partial charge >= 0.3 is 12.6 Å². The summed E-state index contributed by atoms with van der Waals surface area (Å²) in [6.45, 7) is -2.99. The highest BCUT2D eigenvalue weighted by molar-refractivity contribution is 5.93. The van der Waals surface area contributed by atoms with Gasteiger partial charge in [0.1, 0.15) is 17.8 Å². The molecular weight excluding hydrogens is 469 g/mol. The largest absolute Gasteiger partial charge is 0.454 e. The Morgan fingerprint density at radius 3 is 2.71 bits per heavy atom. The molecule has 0 radical (unpaired) electrons. The first-order valence-corrected chi connectivity index (χ1v) is 9.74. The lowest BCUT2D eigenvalue weighted by Gasteiger charge is -2.16. The number of aromatic nitrogens is 5. The van der Waals surface area contributed by atoms with Gasteiger partial charge in [0, 0.05) is 18.3 Å². The lowest BCUT2D eigenvalue weighted by atomic mass is 10.2. The van der Waals surface area contributed by atoms with Crippen LogP contribution in [0.1, 0.15) is 5.56 Å². The molecule has 2 aromatic heterocycles. The lowest BCUT2D eigenvalue weighted by Crippen LogP contribution is -2.31. The van der Waals surface area contributed by atoms with E-state index in [-0.39, 0.29) is 22.9 Å². The first-order valence-electron chi connectivity index (χ1n) is 9.74. The summed E-state index contributed by atoms with van der Waals surface area (Å²) in [5, 5.41) is 15.4. The number of hydrogen-bond donors (Lipinski definition) is 1. The summed E-state index contributed by atoms with van der Waals surface area (Å²) in [6.07, 6.45) is 3.95. The van der Waals surface area contributed by atoms with Crippen molar-refractivity contribution in [3.05, 3.63) is 78.5 Å². The monoisotopic (exact) mass is 484 g/mol. The summed E-state index contributed by atoms with van der Waals surface area (Å²) in [5.74, 6) is -0.444. The van der Waals surface area contributed by atoms with Gasteiger partial charge in [0.2, 0.25) is 0 Å². The van der Waals surface area contributed by atoms with Crippen LogP contribution in [0.15, 0.2) is 72.2 Å². The minimum Gasteiger partial charge on any atom is -0.454 e. The number of nitrogens with zero attached hydrogens (tertiary/aromatic N) is 7. The summed E-state index contributed by atoms with van der Waals surface area (Å²) >= 11 is 0. The number of halogens is 3. The zero-order chi connectivity index (χ0) is 24.8. The third-order valence-corrected chi connectivity index (χ3v) is 4.30. The average Bonchev–Trinajstić information content (AvgIpc) is 3.36. The SMILES string of the molecule is NC(=O)N(/N=C/c1cccc(OC(F)F)c1)c1ccc(Oc2ccnc(-n3cnnn3)c2)c(F)c1. The number of ether oxygens (including phenoxy) is 2. The summed E-state index contributed by atoms with van der Waals surface area (Å²) in [5.41, 5.74) is 5.71. The molecule has 11 nitrogen and oxygen atoms in total. The molecule has 4 aromatic rings. The minimum atomic E-state index is -2.99. The number of tetrazole rings is 1. The molecule has 35 heavy (non-hydrogen) atoms. The van der Waals surface area contributed by atoms with Gasteiger partial charge in [0.25, 0.3) is 0 Å². The molecule has 178 valence electrons. The third-order valence-electron chi connectivity index (χ3n) is 4.30. The second-order valence-corrected chi connectivity index (χ2v) is 6.67. The van der Waals surface area contributed by atoms with E-state index in [1.54, 1.807) is 0 Å². The maximum Gasteiger partial charge on any atom is 0.387 e. The van der Waals surface area contributed by atoms with Crippen molar-refractivity contribution in [2.45, 2.75) is 6.61 Å². The summed E-state index contributed by atoms with van der Waals surface area (Å²) in [7, 11) is 0. The van der Waals surface area contributed by atoms with Gasteiger partial charge < -0.3 is 15.2 Å². The number of pyridine rings is 1. The van der Waals surface area contributed by atoms with E-state index in [1.165, 1.54) is 72.0 Å². The molecule has 0 saturated carbocycles. The third kappa shape index (κ3) is 5.87. The number of carbonyl (C=O) groups excluding carboxylic acids is 1. The van der Waals surface area contributed by atoms with Crippen LogP contribution in [0, 0.1) is 5.82 Å². The summed E-state index contributed by atoms with van der Waals surface area (Å²) in [6, 6.07) is 11.3. The summed E-state index contributed by atoms with van der Waals surface area (Å²) in [4.78, 5) is 16.0. The van der Waals surface area contributed by atoms with Crippen molar-refractivity contribution in [1.82, 2.24) is 25.2 Å². The van der Waals surface area contributed by atoms with Crippen molar-refractivity contribution in [2.24, 2.45) is 10.8 Å². The van der Waals surface area contributed by atoms with Crippen LogP contribution >= 0.6 is 0 Å². The van der Waals surface area contributed by atoms with Crippen LogP contribution in [0.5, 0.6) is 17.2 Å². The topological polar surface area (TPSA) is 134 Å². The van der Waals surface area contributed by atoms with Gasteiger partial charge in [0.05, 0.1) is 11.9 Å². The van der Waals surface area contributed by atoms with E-state index >= 15 is 0 Å². The van der Waals surface area contributed by atoms with Crippen molar-refractivity contribution in [2.75, 3.05) is 5.01 Å². The molecule has 0 saturated heterocycles. The Morgan fingerprint density at radius 1 is 1.14 bits per heavy atom. The van der Waals surface area contributed by atoms with E-state index in [9.17, 15) is 18.0 Å². The second kappa shape index (κ2) is 10.3. The van der Waals surface area contributed by atoms with Crippen molar-refractivity contribution in [3.8, 4) is 23.1 Å². The standard InChI is InChI=1S/C21H15F3N8O3/c22-17-9-14(32(21(25)33)28-11-13-2-1-3-15(8-13)35-20(23)24)4-5-18(17)34-16-6-7-26-19(10-16)31-12-27-29-30-31/h1-12,20H,(H2,25,33)/b28-11+.